The van der Waals surface area contributed by atoms with Crippen LogP contribution in [-0.4, -0.2) is 56.0 Å². The minimum Gasteiger partial charge on any atom is -0.375 e. The van der Waals surface area contributed by atoms with Crippen LogP contribution in [-0.2, 0) is 18.2 Å². The molecule has 2 fully saturated rings. The Bertz CT molecular complexity index is 819. The van der Waals surface area contributed by atoms with E-state index in [9.17, 15) is 4.79 Å². The molecule has 2 aromatic heterocycles. The fourth-order valence-corrected chi connectivity index (χ4v) is 4.42. The molecule has 8 heteroatoms. The first-order chi connectivity index (χ1) is 12.9. The second-order valence-corrected chi connectivity index (χ2v) is 7.91. The largest absolute Gasteiger partial charge is 0.375 e. The Morgan fingerprint density at radius 3 is 2.74 bits per heavy atom. The number of hydrogen-bond donors (Lipinski definition) is 0. The molecule has 0 aromatic carbocycles. The molecule has 4 heterocycles. The quantitative estimate of drug-likeness (QED) is 0.819. The predicted octanol–water partition coefficient (Wildman–Crippen LogP) is 2.06. The average Bonchev–Trinajstić information content (AvgIpc) is 3.19. The van der Waals surface area contributed by atoms with Crippen molar-refractivity contribution in [3.63, 3.8) is 0 Å². The van der Waals surface area contributed by atoms with Crippen molar-refractivity contribution in [3.8, 4) is 0 Å². The second-order valence-electron chi connectivity index (χ2n) is 7.91. The first-order valence-corrected chi connectivity index (χ1v) is 9.67. The molecular weight excluding hydrogens is 346 g/mol. The van der Waals surface area contributed by atoms with Gasteiger partial charge in [-0.2, -0.15) is 10.1 Å². The molecule has 1 atom stereocenters. The minimum atomic E-state index is -0.124. The Hall–Kier alpha value is -2.22. The molecule has 2 aromatic rings. The van der Waals surface area contributed by atoms with Crippen LogP contribution in [0.5, 0.6) is 0 Å². The molecule has 1 spiro atoms. The molecule has 2 aliphatic rings. The molecule has 146 valence electrons. The number of rotatable bonds is 3. The number of likely N-dealkylation sites (tertiary alicyclic amines) is 1. The number of aryl methyl sites for hydroxylation is 3. The lowest BCUT2D eigenvalue weighted by atomic mass is 9.78. The van der Waals surface area contributed by atoms with Gasteiger partial charge in [0.1, 0.15) is 5.69 Å². The highest BCUT2D eigenvalue weighted by molar-refractivity contribution is 5.92. The summed E-state index contributed by atoms with van der Waals surface area (Å²) in [7, 11) is 1.82. The van der Waals surface area contributed by atoms with Crippen molar-refractivity contribution in [2.24, 2.45) is 13.0 Å². The predicted molar refractivity (Wildman–Crippen MR) is 97.2 cm³/mol. The van der Waals surface area contributed by atoms with Crippen molar-refractivity contribution in [2.45, 2.75) is 51.6 Å². The molecule has 0 N–H and O–H groups in total. The highest BCUT2D eigenvalue weighted by atomic mass is 16.5. The Balaban J connectivity index is 1.37. The van der Waals surface area contributed by atoms with Crippen LogP contribution in [0.2, 0.25) is 0 Å². The maximum absolute atomic E-state index is 12.8. The summed E-state index contributed by atoms with van der Waals surface area (Å²) < 4.78 is 13.0. The maximum Gasteiger partial charge on any atom is 0.272 e. The van der Waals surface area contributed by atoms with Gasteiger partial charge in [0.15, 0.2) is 5.82 Å². The van der Waals surface area contributed by atoms with E-state index in [1.165, 1.54) is 0 Å². The van der Waals surface area contributed by atoms with Crippen LogP contribution in [0.25, 0.3) is 0 Å². The van der Waals surface area contributed by atoms with E-state index in [2.05, 4.69) is 15.2 Å². The van der Waals surface area contributed by atoms with Crippen LogP contribution in [0.4, 0.5) is 0 Å². The van der Waals surface area contributed by atoms with Crippen LogP contribution in [0.15, 0.2) is 10.6 Å². The van der Waals surface area contributed by atoms with Crippen molar-refractivity contribution in [2.75, 3.05) is 19.7 Å². The van der Waals surface area contributed by atoms with Crippen molar-refractivity contribution < 1.29 is 14.1 Å². The van der Waals surface area contributed by atoms with Crippen molar-refractivity contribution >= 4 is 5.91 Å². The molecule has 2 aliphatic heterocycles. The van der Waals surface area contributed by atoms with Crippen LogP contribution >= 0.6 is 0 Å². The van der Waals surface area contributed by atoms with Gasteiger partial charge in [-0.25, -0.2) is 0 Å². The zero-order valence-electron chi connectivity index (χ0n) is 16.3. The zero-order chi connectivity index (χ0) is 19.0. The zero-order valence-corrected chi connectivity index (χ0v) is 16.3. The second kappa shape index (κ2) is 7.07. The number of ether oxygens (including phenoxy) is 1. The summed E-state index contributed by atoms with van der Waals surface area (Å²) >= 11 is 0. The third-order valence-electron chi connectivity index (χ3n) is 5.82. The van der Waals surface area contributed by atoms with E-state index in [4.69, 9.17) is 9.26 Å². The fraction of sp³-hybridized carbons (Fsp3) is 0.684. The summed E-state index contributed by atoms with van der Waals surface area (Å²) in [5, 5.41) is 8.32. The van der Waals surface area contributed by atoms with Gasteiger partial charge in [-0.15, -0.1) is 0 Å². The molecule has 0 saturated carbocycles. The molecule has 0 aliphatic carbocycles. The lowest BCUT2D eigenvalue weighted by Crippen LogP contribution is -2.51. The number of hydrogen-bond acceptors (Lipinski definition) is 6. The summed E-state index contributed by atoms with van der Waals surface area (Å²) in [6, 6.07) is 1.85. The topological polar surface area (TPSA) is 86.3 Å². The number of carbonyl (C=O) groups excluding carboxylic acids is 1. The van der Waals surface area contributed by atoms with Gasteiger partial charge in [0.05, 0.1) is 11.3 Å². The smallest absolute Gasteiger partial charge is 0.272 e. The molecule has 1 amide bonds. The Kier molecular flexibility index (Phi) is 4.75. The van der Waals surface area contributed by atoms with Gasteiger partial charge < -0.3 is 14.2 Å². The lowest BCUT2D eigenvalue weighted by molar-refractivity contribution is -0.123. The van der Waals surface area contributed by atoms with Gasteiger partial charge in [-0.3, -0.25) is 9.48 Å². The van der Waals surface area contributed by atoms with Gasteiger partial charge in [-0.05, 0) is 44.6 Å². The molecule has 8 nitrogen and oxygen atoms in total. The van der Waals surface area contributed by atoms with E-state index >= 15 is 0 Å². The summed E-state index contributed by atoms with van der Waals surface area (Å²) in [5.74, 6) is 1.96. The van der Waals surface area contributed by atoms with Crippen LogP contribution in [0, 0.1) is 19.8 Å². The van der Waals surface area contributed by atoms with E-state index in [0.29, 0.717) is 17.5 Å². The molecule has 0 bridgehead atoms. The number of amides is 1. The summed E-state index contributed by atoms with van der Waals surface area (Å²) in [5.41, 5.74) is 1.39. The van der Waals surface area contributed by atoms with E-state index in [-0.39, 0.29) is 11.5 Å². The van der Waals surface area contributed by atoms with Crippen molar-refractivity contribution in [1.29, 1.82) is 0 Å². The fourth-order valence-electron chi connectivity index (χ4n) is 4.42. The van der Waals surface area contributed by atoms with Gasteiger partial charge in [0.25, 0.3) is 5.91 Å². The molecular formula is C19H27N5O3. The standard InChI is InChI=1S/C19H27N5O3/c1-13-10-16(23(3)21-13)18(25)24-7-5-19(6-8-24)12-15(4-9-26-19)11-17-20-14(2)27-22-17/h10,15H,4-9,11-12H2,1-3H3. The first-order valence-electron chi connectivity index (χ1n) is 9.67. The van der Waals surface area contributed by atoms with E-state index in [0.717, 1.165) is 63.3 Å². The number of carbonyl (C=O) groups is 1. The monoisotopic (exact) mass is 373 g/mol. The molecule has 27 heavy (non-hydrogen) atoms. The Morgan fingerprint density at radius 2 is 2.11 bits per heavy atom. The van der Waals surface area contributed by atoms with Gasteiger partial charge in [0, 0.05) is 40.1 Å². The first kappa shape index (κ1) is 18.2. The third kappa shape index (κ3) is 3.76. The highest BCUT2D eigenvalue weighted by Crippen LogP contribution is 2.38. The highest BCUT2D eigenvalue weighted by Gasteiger charge is 2.41. The molecule has 2 saturated heterocycles. The van der Waals surface area contributed by atoms with E-state index in [1.807, 2.05) is 31.9 Å². The lowest BCUT2D eigenvalue weighted by Gasteiger charge is -2.46. The maximum atomic E-state index is 12.8. The van der Waals surface area contributed by atoms with E-state index < -0.39 is 0 Å². The van der Waals surface area contributed by atoms with Gasteiger partial charge in [-0.1, -0.05) is 5.16 Å². The number of nitrogens with zero attached hydrogens (tertiary/aromatic N) is 5. The number of aromatic nitrogens is 4. The van der Waals surface area contributed by atoms with E-state index in [1.54, 1.807) is 4.68 Å². The van der Waals surface area contributed by atoms with Crippen molar-refractivity contribution in [3.05, 3.63) is 29.2 Å². The Labute approximate surface area is 158 Å². The average molecular weight is 373 g/mol. The SMILES string of the molecule is Cc1cc(C(=O)N2CCC3(CC2)CC(Cc2noc(C)n2)CCO3)n(C)n1. The van der Waals surface area contributed by atoms with Crippen LogP contribution < -0.4 is 0 Å². The van der Waals surface area contributed by atoms with Gasteiger partial charge >= 0.3 is 0 Å². The third-order valence-corrected chi connectivity index (χ3v) is 5.82. The molecule has 0 radical (unpaired) electrons. The number of piperidine rings is 1. The Morgan fingerprint density at radius 1 is 1.33 bits per heavy atom. The minimum absolute atomic E-state index is 0.0579. The van der Waals surface area contributed by atoms with Crippen LogP contribution in [0.1, 0.15) is 53.6 Å². The molecule has 1 unspecified atom stereocenters. The van der Waals surface area contributed by atoms with Gasteiger partial charge in [0.2, 0.25) is 5.89 Å². The summed E-state index contributed by atoms with van der Waals surface area (Å²) in [4.78, 5) is 19.1. The summed E-state index contributed by atoms with van der Waals surface area (Å²) in [6.07, 6.45) is 4.59. The van der Waals surface area contributed by atoms with Crippen molar-refractivity contribution in [1.82, 2.24) is 24.8 Å². The molecule has 4 rings (SSSR count). The van der Waals surface area contributed by atoms with Crippen LogP contribution in [0.3, 0.4) is 0 Å². The summed E-state index contributed by atoms with van der Waals surface area (Å²) in [6.45, 7) is 5.92. The normalized spacial score (nSPS) is 22.3.